The van der Waals surface area contributed by atoms with E-state index in [1.165, 1.54) is 13.2 Å². The molecule has 1 saturated heterocycles. The molecular weight excluding hydrogens is 382 g/mol. The summed E-state index contributed by atoms with van der Waals surface area (Å²) in [5.74, 6) is -0.374. The number of nitrogens with zero attached hydrogens (tertiary/aromatic N) is 1. The van der Waals surface area contributed by atoms with Crippen LogP contribution >= 0.6 is 23.4 Å². The molecule has 0 spiro atoms. The van der Waals surface area contributed by atoms with Crippen LogP contribution in [0.15, 0.2) is 17.0 Å². The maximum atomic E-state index is 12.4. The summed E-state index contributed by atoms with van der Waals surface area (Å²) in [7, 11) is 1.48. The molecule has 140 valence electrons. The normalized spacial score (nSPS) is 15.5. The van der Waals surface area contributed by atoms with E-state index in [-0.39, 0.29) is 11.5 Å². The summed E-state index contributed by atoms with van der Waals surface area (Å²) in [6.07, 6.45) is 1.52. The number of carbonyl (C=O) groups is 3. The van der Waals surface area contributed by atoms with Gasteiger partial charge in [-0.1, -0.05) is 11.6 Å². The van der Waals surface area contributed by atoms with Crippen LogP contribution in [-0.2, 0) is 14.3 Å². The van der Waals surface area contributed by atoms with E-state index in [2.05, 4.69) is 0 Å². The molecule has 7 nitrogen and oxygen atoms in total. The van der Waals surface area contributed by atoms with E-state index < -0.39 is 23.7 Å². The van der Waals surface area contributed by atoms with E-state index in [0.29, 0.717) is 28.7 Å². The predicted molar refractivity (Wildman–Crippen MR) is 98.5 cm³/mol. The van der Waals surface area contributed by atoms with E-state index in [1.54, 1.807) is 19.1 Å². The van der Waals surface area contributed by atoms with Crippen molar-refractivity contribution in [2.45, 2.75) is 13.8 Å². The van der Waals surface area contributed by atoms with Gasteiger partial charge in [0.2, 0.25) is 0 Å². The highest BCUT2D eigenvalue weighted by atomic mass is 35.5. The van der Waals surface area contributed by atoms with E-state index in [1.807, 2.05) is 6.92 Å². The molecule has 1 aromatic carbocycles. The topological polar surface area (TPSA) is 82.1 Å². The average Bonchev–Trinajstić information content (AvgIpc) is 2.83. The molecule has 1 heterocycles. The number of benzene rings is 1. The third-order valence-electron chi connectivity index (χ3n) is 3.30. The Morgan fingerprint density at radius 2 is 2.00 bits per heavy atom. The summed E-state index contributed by atoms with van der Waals surface area (Å²) in [5.41, 5.74) is 0.570. The predicted octanol–water partition coefficient (Wildman–Crippen LogP) is 3.35. The van der Waals surface area contributed by atoms with Crippen molar-refractivity contribution >= 4 is 46.6 Å². The molecule has 2 rings (SSSR count). The zero-order valence-electron chi connectivity index (χ0n) is 14.5. The molecule has 0 saturated carbocycles. The molecule has 0 radical (unpaired) electrons. The summed E-state index contributed by atoms with van der Waals surface area (Å²) in [5, 5.41) is -0.214. The number of amides is 2. The first kappa shape index (κ1) is 20.1. The number of rotatable bonds is 7. The zero-order chi connectivity index (χ0) is 19.3. The van der Waals surface area contributed by atoms with Gasteiger partial charge in [0.15, 0.2) is 11.5 Å². The lowest BCUT2D eigenvalue weighted by atomic mass is 10.1. The van der Waals surface area contributed by atoms with E-state index >= 15 is 0 Å². The van der Waals surface area contributed by atoms with Crippen LogP contribution < -0.4 is 9.47 Å². The minimum Gasteiger partial charge on any atom is -0.491 e. The number of thioether (sulfide) groups is 1. The number of methoxy groups -OCH3 is 1. The lowest BCUT2D eigenvalue weighted by Gasteiger charge is -2.12. The molecule has 1 aliphatic rings. The number of halogens is 1. The Morgan fingerprint density at radius 3 is 2.62 bits per heavy atom. The lowest BCUT2D eigenvalue weighted by molar-refractivity contribution is -0.145. The third kappa shape index (κ3) is 4.50. The number of hydrogen-bond donors (Lipinski definition) is 0. The van der Waals surface area contributed by atoms with Gasteiger partial charge >= 0.3 is 5.97 Å². The quantitative estimate of drug-likeness (QED) is 0.513. The summed E-state index contributed by atoms with van der Waals surface area (Å²) in [6, 6.07) is 3.26. The Kier molecular flexibility index (Phi) is 6.93. The van der Waals surface area contributed by atoms with Crippen molar-refractivity contribution in [3.05, 3.63) is 27.6 Å². The smallest absolute Gasteiger partial charge is 0.326 e. The van der Waals surface area contributed by atoms with Crippen LogP contribution in [-0.4, -0.2) is 48.9 Å². The Labute approximate surface area is 160 Å². The standard InChI is InChI=1S/C17H18ClNO6S/c1-4-24-12-7-10(6-11(18)15(12)23-3)8-13-16(21)19(17(22)26-13)9-14(20)25-5-2/h6-8H,4-5,9H2,1-3H3/b13-8+. The van der Waals surface area contributed by atoms with Crippen LogP contribution in [0, 0.1) is 0 Å². The molecule has 0 unspecified atom stereocenters. The maximum Gasteiger partial charge on any atom is 0.326 e. The second-order valence-corrected chi connectivity index (χ2v) is 6.44. The van der Waals surface area contributed by atoms with Gasteiger partial charge in [-0.25, -0.2) is 0 Å². The molecule has 1 aromatic rings. The van der Waals surface area contributed by atoms with Crippen molar-refractivity contribution in [2.75, 3.05) is 26.9 Å². The number of carbonyl (C=O) groups excluding carboxylic acids is 3. The third-order valence-corrected chi connectivity index (χ3v) is 4.49. The molecule has 1 aliphatic heterocycles. The maximum absolute atomic E-state index is 12.4. The van der Waals surface area contributed by atoms with Gasteiger partial charge in [0.25, 0.3) is 11.1 Å². The van der Waals surface area contributed by atoms with Crippen LogP contribution in [0.5, 0.6) is 11.5 Å². The number of ether oxygens (including phenoxy) is 3. The lowest BCUT2D eigenvalue weighted by Crippen LogP contribution is -2.34. The molecule has 0 bridgehead atoms. The molecule has 0 aliphatic carbocycles. The summed E-state index contributed by atoms with van der Waals surface area (Å²) in [6.45, 7) is 3.64. The number of hydrogen-bond acceptors (Lipinski definition) is 7. The summed E-state index contributed by atoms with van der Waals surface area (Å²) >= 11 is 6.94. The fourth-order valence-corrected chi connectivity index (χ4v) is 3.39. The van der Waals surface area contributed by atoms with Gasteiger partial charge < -0.3 is 14.2 Å². The molecule has 0 aromatic heterocycles. The molecular formula is C17H18ClNO6S. The van der Waals surface area contributed by atoms with Crippen molar-refractivity contribution in [3.63, 3.8) is 0 Å². The summed E-state index contributed by atoms with van der Waals surface area (Å²) < 4.78 is 15.5. The second kappa shape index (κ2) is 8.95. The van der Waals surface area contributed by atoms with Crippen molar-refractivity contribution in [3.8, 4) is 11.5 Å². The van der Waals surface area contributed by atoms with E-state index in [4.69, 9.17) is 25.8 Å². The van der Waals surface area contributed by atoms with Gasteiger partial charge in [0.05, 0.1) is 30.3 Å². The Balaban J connectivity index is 2.28. The molecule has 1 fully saturated rings. The molecule has 26 heavy (non-hydrogen) atoms. The highest BCUT2D eigenvalue weighted by Crippen LogP contribution is 2.38. The van der Waals surface area contributed by atoms with Crippen LogP contribution in [0.2, 0.25) is 5.02 Å². The SMILES string of the molecule is CCOC(=O)CN1C(=O)S/C(=C/c2cc(Cl)c(OC)c(OCC)c2)C1=O. The minimum absolute atomic E-state index is 0.176. The van der Waals surface area contributed by atoms with E-state index in [9.17, 15) is 14.4 Å². The Bertz CT molecular complexity index is 764. The first-order chi connectivity index (χ1) is 12.4. The number of esters is 1. The second-order valence-electron chi connectivity index (χ2n) is 5.04. The zero-order valence-corrected chi connectivity index (χ0v) is 16.1. The molecule has 0 N–H and O–H groups in total. The van der Waals surface area contributed by atoms with Gasteiger partial charge in [0, 0.05) is 0 Å². The highest BCUT2D eigenvalue weighted by molar-refractivity contribution is 8.18. The first-order valence-electron chi connectivity index (χ1n) is 7.82. The number of imide groups is 1. The van der Waals surface area contributed by atoms with Crippen LogP contribution in [0.25, 0.3) is 6.08 Å². The van der Waals surface area contributed by atoms with Crippen molar-refractivity contribution < 1.29 is 28.6 Å². The Morgan fingerprint density at radius 1 is 1.27 bits per heavy atom. The summed E-state index contributed by atoms with van der Waals surface area (Å²) in [4.78, 5) is 37.0. The van der Waals surface area contributed by atoms with E-state index in [0.717, 1.165) is 16.7 Å². The van der Waals surface area contributed by atoms with Crippen molar-refractivity contribution in [2.24, 2.45) is 0 Å². The van der Waals surface area contributed by atoms with Gasteiger partial charge in [-0.3, -0.25) is 19.3 Å². The van der Waals surface area contributed by atoms with Gasteiger partial charge in [-0.15, -0.1) is 0 Å². The van der Waals surface area contributed by atoms with Crippen molar-refractivity contribution in [1.29, 1.82) is 0 Å². The van der Waals surface area contributed by atoms with Crippen LogP contribution in [0.3, 0.4) is 0 Å². The fourth-order valence-electron chi connectivity index (χ4n) is 2.26. The molecule has 0 atom stereocenters. The van der Waals surface area contributed by atoms with Crippen LogP contribution in [0.4, 0.5) is 4.79 Å². The fraction of sp³-hybridized carbons (Fsp3) is 0.353. The van der Waals surface area contributed by atoms with Crippen LogP contribution in [0.1, 0.15) is 19.4 Å². The first-order valence-corrected chi connectivity index (χ1v) is 9.02. The van der Waals surface area contributed by atoms with Gasteiger partial charge in [-0.05, 0) is 49.4 Å². The average molecular weight is 400 g/mol. The van der Waals surface area contributed by atoms with Gasteiger partial charge in [-0.2, -0.15) is 0 Å². The Hall–Kier alpha value is -2.19. The minimum atomic E-state index is -0.637. The molecule has 9 heteroatoms. The monoisotopic (exact) mass is 399 g/mol. The largest absolute Gasteiger partial charge is 0.491 e. The van der Waals surface area contributed by atoms with Crippen molar-refractivity contribution in [1.82, 2.24) is 4.90 Å². The highest BCUT2D eigenvalue weighted by Gasteiger charge is 2.36. The van der Waals surface area contributed by atoms with Gasteiger partial charge in [0.1, 0.15) is 6.54 Å². The molecule has 2 amide bonds.